The zero-order valence-electron chi connectivity index (χ0n) is 18.9. The van der Waals surface area contributed by atoms with Gasteiger partial charge >= 0.3 is 0 Å². The normalized spacial score (nSPS) is 11.0. The smallest absolute Gasteiger partial charge is 0.0612 e. The molecule has 0 aliphatic rings. The van der Waals surface area contributed by atoms with E-state index in [1.54, 1.807) is 0 Å². The third-order valence-corrected chi connectivity index (χ3v) is 5.01. The van der Waals surface area contributed by atoms with Gasteiger partial charge in [-0.05, 0) is 19.3 Å². The third-order valence-electron chi connectivity index (χ3n) is 5.01. The second-order valence-electron chi connectivity index (χ2n) is 7.82. The van der Waals surface area contributed by atoms with E-state index in [1.807, 2.05) is 6.08 Å². The molecule has 0 aliphatic heterocycles. The topological polar surface area (TPSA) is 40.5 Å². The van der Waals surface area contributed by atoms with E-state index in [0.717, 1.165) is 12.8 Å². The molecule has 0 amide bonds. The summed E-state index contributed by atoms with van der Waals surface area (Å²) in [5.74, 6) is 0. The van der Waals surface area contributed by atoms with Gasteiger partial charge in [-0.15, -0.1) is 0 Å². The van der Waals surface area contributed by atoms with E-state index in [9.17, 15) is 0 Å². The molecule has 164 valence electrons. The van der Waals surface area contributed by atoms with E-state index in [1.165, 1.54) is 109 Å². The maximum absolute atomic E-state index is 8.57. The van der Waals surface area contributed by atoms with Crippen molar-refractivity contribution in [1.29, 1.82) is 0 Å². The van der Waals surface area contributed by atoms with Crippen LogP contribution in [0.15, 0.2) is 12.2 Å². The number of aliphatic hydroxyl groups excluding tert-OH is 2. The summed E-state index contributed by atoms with van der Waals surface area (Å²) in [5.41, 5.74) is 0. The van der Waals surface area contributed by atoms with Crippen molar-refractivity contribution < 1.29 is 10.2 Å². The van der Waals surface area contributed by atoms with E-state index in [-0.39, 0.29) is 6.61 Å². The molecule has 0 bridgehead atoms. The van der Waals surface area contributed by atoms with Gasteiger partial charge in [0.05, 0.1) is 6.61 Å². The molecular formula is C25H52O2. The van der Waals surface area contributed by atoms with Gasteiger partial charge in [-0.25, -0.2) is 0 Å². The summed E-state index contributed by atoms with van der Waals surface area (Å²) >= 11 is 0. The highest BCUT2D eigenvalue weighted by molar-refractivity contribution is 4.80. The van der Waals surface area contributed by atoms with E-state index >= 15 is 0 Å². The van der Waals surface area contributed by atoms with Crippen LogP contribution in [0.1, 0.15) is 136 Å². The maximum atomic E-state index is 8.57. The molecule has 0 aromatic carbocycles. The summed E-state index contributed by atoms with van der Waals surface area (Å²) in [6.45, 7) is 5.08. The average Bonchev–Trinajstić information content (AvgIpc) is 2.69. The first-order valence-electron chi connectivity index (χ1n) is 12.2. The Labute approximate surface area is 171 Å². The predicted molar refractivity (Wildman–Crippen MR) is 122 cm³/mol. The summed E-state index contributed by atoms with van der Waals surface area (Å²) in [4.78, 5) is 0. The van der Waals surface area contributed by atoms with Crippen molar-refractivity contribution in [2.45, 2.75) is 136 Å². The molecule has 0 aromatic heterocycles. The lowest BCUT2D eigenvalue weighted by Gasteiger charge is -2.00. The molecule has 0 spiro atoms. The molecule has 0 rings (SSSR count). The SMILES string of the molecule is CCCCCCCCCCC=CCO.CCCCCCCCCCCCO. The van der Waals surface area contributed by atoms with E-state index < -0.39 is 0 Å². The second-order valence-corrected chi connectivity index (χ2v) is 7.82. The number of allylic oxidation sites excluding steroid dienone is 1. The van der Waals surface area contributed by atoms with Crippen molar-refractivity contribution in [1.82, 2.24) is 0 Å². The second kappa shape index (κ2) is 30.4. The highest BCUT2D eigenvalue weighted by Crippen LogP contribution is 2.10. The first-order valence-corrected chi connectivity index (χ1v) is 12.2. The molecule has 0 saturated heterocycles. The van der Waals surface area contributed by atoms with Gasteiger partial charge in [-0.3, -0.25) is 0 Å². The molecule has 0 aromatic rings. The number of aliphatic hydroxyl groups is 2. The van der Waals surface area contributed by atoms with Crippen molar-refractivity contribution in [2.24, 2.45) is 0 Å². The van der Waals surface area contributed by atoms with Crippen LogP contribution in [0.3, 0.4) is 0 Å². The van der Waals surface area contributed by atoms with Crippen molar-refractivity contribution >= 4 is 0 Å². The zero-order chi connectivity index (χ0) is 20.3. The van der Waals surface area contributed by atoms with Crippen LogP contribution in [0.2, 0.25) is 0 Å². The molecule has 0 heterocycles. The van der Waals surface area contributed by atoms with Crippen LogP contribution >= 0.6 is 0 Å². The van der Waals surface area contributed by atoms with Crippen molar-refractivity contribution in [3.63, 3.8) is 0 Å². The van der Waals surface area contributed by atoms with Gasteiger partial charge < -0.3 is 10.2 Å². The van der Waals surface area contributed by atoms with Crippen molar-refractivity contribution in [3.05, 3.63) is 12.2 Å². The lowest BCUT2D eigenvalue weighted by Crippen LogP contribution is -1.84. The van der Waals surface area contributed by atoms with E-state index in [0.29, 0.717) is 6.61 Å². The monoisotopic (exact) mass is 384 g/mol. The van der Waals surface area contributed by atoms with Crippen LogP contribution in [0.5, 0.6) is 0 Å². The van der Waals surface area contributed by atoms with Crippen LogP contribution in [-0.2, 0) is 0 Å². The Morgan fingerprint density at radius 2 is 0.815 bits per heavy atom. The Morgan fingerprint density at radius 3 is 1.19 bits per heavy atom. The number of unbranched alkanes of at least 4 members (excludes halogenated alkanes) is 17. The molecule has 0 aliphatic carbocycles. The molecule has 2 N–H and O–H groups in total. The zero-order valence-corrected chi connectivity index (χ0v) is 18.9. The fraction of sp³-hybridized carbons (Fsp3) is 0.920. The Hall–Kier alpha value is -0.340. The summed E-state index contributed by atoms with van der Waals surface area (Å²) < 4.78 is 0. The highest BCUT2D eigenvalue weighted by Gasteiger charge is 1.91. The lowest BCUT2D eigenvalue weighted by atomic mass is 10.1. The fourth-order valence-corrected chi connectivity index (χ4v) is 3.19. The number of hydrogen-bond donors (Lipinski definition) is 2. The fourth-order valence-electron chi connectivity index (χ4n) is 3.19. The Bertz CT molecular complexity index is 241. The minimum Gasteiger partial charge on any atom is -0.396 e. The van der Waals surface area contributed by atoms with Crippen molar-refractivity contribution in [3.8, 4) is 0 Å². The van der Waals surface area contributed by atoms with Crippen LogP contribution in [0, 0.1) is 0 Å². The first-order chi connectivity index (χ1) is 13.3. The van der Waals surface area contributed by atoms with Crippen molar-refractivity contribution in [2.75, 3.05) is 13.2 Å². The van der Waals surface area contributed by atoms with Gasteiger partial charge in [0.15, 0.2) is 0 Å². The molecule has 2 heteroatoms. The maximum Gasteiger partial charge on any atom is 0.0612 e. The van der Waals surface area contributed by atoms with Crippen LogP contribution < -0.4 is 0 Å². The van der Waals surface area contributed by atoms with E-state index in [2.05, 4.69) is 19.9 Å². The van der Waals surface area contributed by atoms with Gasteiger partial charge in [-0.1, -0.05) is 129 Å². The molecule has 27 heavy (non-hydrogen) atoms. The summed E-state index contributed by atoms with van der Waals surface area (Å²) in [5, 5.41) is 17.1. The largest absolute Gasteiger partial charge is 0.396 e. The predicted octanol–water partition coefficient (Wildman–Crippen LogP) is 7.97. The molecule has 0 fully saturated rings. The van der Waals surface area contributed by atoms with Crippen LogP contribution in [0.25, 0.3) is 0 Å². The quantitative estimate of drug-likeness (QED) is 0.165. The van der Waals surface area contributed by atoms with Crippen LogP contribution in [0.4, 0.5) is 0 Å². The molecule has 0 atom stereocenters. The average molecular weight is 385 g/mol. The standard InChI is InChI=1S/C13H26O.C12H26O/c1-2-3-4-5-6-7-8-9-10-11-12-13-14;1-2-3-4-5-6-7-8-9-10-11-12-13/h11-12,14H,2-10,13H2,1H3;13H,2-12H2,1H3. The Morgan fingerprint density at radius 1 is 0.444 bits per heavy atom. The Kier molecular flexibility index (Phi) is 32.5. The molecule has 0 saturated carbocycles. The lowest BCUT2D eigenvalue weighted by molar-refractivity contribution is 0.282. The van der Waals surface area contributed by atoms with Gasteiger partial charge in [0.2, 0.25) is 0 Å². The van der Waals surface area contributed by atoms with Crippen LogP contribution in [-0.4, -0.2) is 23.4 Å². The summed E-state index contributed by atoms with van der Waals surface area (Å²) in [7, 11) is 0. The molecule has 0 radical (unpaired) electrons. The molecular weight excluding hydrogens is 332 g/mol. The number of hydrogen-bond acceptors (Lipinski definition) is 2. The third kappa shape index (κ3) is 33.7. The van der Waals surface area contributed by atoms with Gasteiger partial charge in [-0.2, -0.15) is 0 Å². The minimum atomic E-state index is 0.191. The minimum absolute atomic E-state index is 0.191. The first kappa shape index (κ1) is 28.9. The summed E-state index contributed by atoms with van der Waals surface area (Å²) in [6.07, 6.45) is 29.4. The van der Waals surface area contributed by atoms with E-state index in [4.69, 9.17) is 10.2 Å². The molecule has 0 unspecified atom stereocenters. The highest BCUT2D eigenvalue weighted by atomic mass is 16.3. The molecule has 2 nitrogen and oxygen atoms in total. The van der Waals surface area contributed by atoms with Gasteiger partial charge in [0.25, 0.3) is 0 Å². The van der Waals surface area contributed by atoms with Gasteiger partial charge in [0, 0.05) is 6.61 Å². The van der Waals surface area contributed by atoms with Gasteiger partial charge in [0.1, 0.15) is 0 Å². The Balaban J connectivity index is 0. The summed E-state index contributed by atoms with van der Waals surface area (Å²) in [6, 6.07) is 0. The number of rotatable bonds is 20.